The predicted octanol–water partition coefficient (Wildman–Crippen LogP) is 3.26. The van der Waals surface area contributed by atoms with Gasteiger partial charge >= 0.3 is 0 Å². The monoisotopic (exact) mass is 253 g/mol. The van der Waals surface area contributed by atoms with Crippen molar-refractivity contribution in [3.63, 3.8) is 0 Å². The zero-order valence-electron chi connectivity index (χ0n) is 10.6. The van der Waals surface area contributed by atoms with Crippen LogP contribution in [0.4, 0.5) is 0 Å². The number of nitrogens with one attached hydrogen (secondary N) is 1. The standard InChI is InChI=1S/C16H15NO2/c1-10-15(13-7-2-3-8-14(13)17-10)16(19)11-5-4-6-12(18)9-11/h2-9,16-19H,1H3. The van der Waals surface area contributed by atoms with Gasteiger partial charge in [0.05, 0.1) is 0 Å². The van der Waals surface area contributed by atoms with Crippen LogP contribution < -0.4 is 0 Å². The highest BCUT2D eigenvalue weighted by Crippen LogP contribution is 2.32. The Labute approximate surface area is 111 Å². The van der Waals surface area contributed by atoms with Gasteiger partial charge in [-0.3, -0.25) is 0 Å². The largest absolute Gasteiger partial charge is 0.508 e. The third-order valence-electron chi connectivity index (χ3n) is 3.40. The van der Waals surface area contributed by atoms with Crippen LogP contribution >= 0.6 is 0 Å². The Bertz CT molecular complexity index is 730. The van der Waals surface area contributed by atoms with Gasteiger partial charge in [-0.25, -0.2) is 0 Å². The first kappa shape index (κ1) is 11.8. The van der Waals surface area contributed by atoms with E-state index in [0.717, 1.165) is 22.2 Å². The van der Waals surface area contributed by atoms with Crippen molar-refractivity contribution < 1.29 is 10.2 Å². The molecule has 0 fully saturated rings. The number of para-hydroxylation sites is 1. The molecule has 0 aliphatic carbocycles. The zero-order chi connectivity index (χ0) is 13.4. The molecular weight excluding hydrogens is 238 g/mol. The number of H-pyrrole nitrogens is 1. The molecule has 0 aliphatic rings. The van der Waals surface area contributed by atoms with Gasteiger partial charge in [-0.2, -0.15) is 0 Å². The van der Waals surface area contributed by atoms with E-state index in [1.54, 1.807) is 18.2 Å². The normalized spacial score (nSPS) is 12.7. The maximum Gasteiger partial charge on any atom is 0.115 e. The van der Waals surface area contributed by atoms with Gasteiger partial charge in [-0.05, 0) is 30.7 Å². The fourth-order valence-electron chi connectivity index (χ4n) is 2.51. The summed E-state index contributed by atoms with van der Waals surface area (Å²) >= 11 is 0. The molecule has 0 spiro atoms. The van der Waals surface area contributed by atoms with Crippen LogP contribution in [0, 0.1) is 6.92 Å². The molecule has 3 nitrogen and oxygen atoms in total. The Morgan fingerprint density at radius 1 is 1.05 bits per heavy atom. The van der Waals surface area contributed by atoms with Crippen LogP contribution in [-0.2, 0) is 0 Å². The molecular formula is C16H15NO2. The minimum Gasteiger partial charge on any atom is -0.508 e. The van der Waals surface area contributed by atoms with Gasteiger partial charge in [-0.1, -0.05) is 30.3 Å². The van der Waals surface area contributed by atoms with Crippen molar-refractivity contribution in [2.45, 2.75) is 13.0 Å². The number of hydrogen-bond acceptors (Lipinski definition) is 2. The average Bonchev–Trinajstić information content (AvgIpc) is 2.74. The molecule has 1 aromatic heterocycles. The molecule has 19 heavy (non-hydrogen) atoms. The van der Waals surface area contributed by atoms with Crippen molar-refractivity contribution in [2.24, 2.45) is 0 Å². The lowest BCUT2D eigenvalue weighted by atomic mass is 9.98. The number of aromatic nitrogens is 1. The lowest BCUT2D eigenvalue weighted by molar-refractivity contribution is 0.220. The van der Waals surface area contributed by atoms with Crippen LogP contribution in [0.1, 0.15) is 22.9 Å². The maximum absolute atomic E-state index is 10.6. The van der Waals surface area contributed by atoms with Gasteiger partial charge in [-0.15, -0.1) is 0 Å². The predicted molar refractivity (Wildman–Crippen MR) is 75.2 cm³/mol. The van der Waals surface area contributed by atoms with Crippen molar-refractivity contribution in [3.05, 3.63) is 65.4 Å². The number of hydrogen-bond donors (Lipinski definition) is 3. The molecule has 1 heterocycles. The molecule has 0 saturated carbocycles. The lowest BCUT2D eigenvalue weighted by Crippen LogP contribution is -2.00. The second-order valence-electron chi connectivity index (χ2n) is 4.71. The Balaban J connectivity index is 2.16. The highest BCUT2D eigenvalue weighted by atomic mass is 16.3. The van der Waals surface area contributed by atoms with Crippen LogP contribution in [0.3, 0.4) is 0 Å². The molecule has 1 unspecified atom stereocenters. The van der Waals surface area contributed by atoms with Crippen LogP contribution in [0.5, 0.6) is 5.75 Å². The number of fused-ring (bicyclic) bond motifs is 1. The molecule has 3 rings (SSSR count). The van der Waals surface area contributed by atoms with E-state index in [-0.39, 0.29) is 5.75 Å². The van der Waals surface area contributed by atoms with Gasteiger partial charge < -0.3 is 15.2 Å². The summed E-state index contributed by atoms with van der Waals surface area (Å²) in [5, 5.41) is 21.1. The second kappa shape index (κ2) is 4.44. The minimum atomic E-state index is -0.747. The van der Waals surface area contributed by atoms with E-state index >= 15 is 0 Å². The number of phenols is 1. The summed E-state index contributed by atoms with van der Waals surface area (Å²) in [6.45, 7) is 1.95. The quantitative estimate of drug-likeness (QED) is 0.656. The molecule has 0 aliphatic heterocycles. The summed E-state index contributed by atoms with van der Waals surface area (Å²) < 4.78 is 0. The third-order valence-corrected chi connectivity index (χ3v) is 3.40. The van der Waals surface area contributed by atoms with Crippen molar-refractivity contribution in [1.82, 2.24) is 4.98 Å². The molecule has 0 bridgehead atoms. The third kappa shape index (κ3) is 1.98. The van der Waals surface area contributed by atoms with E-state index in [9.17, 15) is 10.2 Å². The first-order valence-electron chi connectivity index (χ1n) is 6.21. The fraction of sp³-hybridized carbons (Fsp3) is 0.125. The molecule has 0 amide bonds. The highest BCUT2D eigenvalue weighted by Gasteiger charge is 2.18. The number of rotatable bonds is 2. The van der Waals surface area contributed by atoms with Gasteiger partial charge in [0, 0.05) is 22.2 Å². The van der Waals surface area contributed by atoms with Crippen molar-refractivity contribution >= 4 is 10.9 Å². The van der Waals surface area contributed by atoms with E-state index in [0.29, 0.717) is 5.56 Å². The van der Waals surface area contributed by atoms with Gasteiger partial charge in [0.2, 0.25) is 0 Å². The van der Waals surface area contributed by atoms with Crippen LogP contribution in [0.15, 0.2) is 48.5 Å². The van der Waals surface area contributed by atoms with Crippen LogP contribution in [0.2, 0.25) is 0 Å². The van der Waals surface area contributed by atoms with E-state index in [1.165, 1.54) is 0 Å². The number of benzene rings is 2. The Hall–Kier alpha value is -2.26. The summed E-state index contributed by atoms with van der Waals surface area (Å²) in [6, 6.07) is 14.6. The van der Waals surface area contributed by atoms with E-state index in [4.69, 9.17) is 0 Å². The molecule has 3 N–H and O–H groups in total. The fourth-order valence-corrected chi connectivity index (χ4v) is 2.51. The summed E-state index contributed by atoms with van der Waals surface area (Å²) in [7, 11) is 0. The maximum atomic E-state index is 10.6. The molecule has 1 atom stereocenters. The summed E-state index contributed by atoms with van der Waals surface area (Å²) in [6.07, 6.45) is -0.747. The highest BCUT2D eigenvalue weighted by molar-refractivity contribution is 5.85. The number of phenolic OH excluding ortho intramolecular Hbond substituents is 1. The molecule has 3 heteroatoms. The lowest BCUT2D eigenvalue weighted by Gasteiger charge is -2.12. The summed E-state index contributed by atoms with van der Waals surface area (Å²) in [4.78, 5) is 3.27. The summed E-state index contributed by atoms with van der Waals surface area (Å²) in [5.74, 6) is 0.161. The van der Waals surface area contributed by atoms with Gasteiger partial charge in [0.1, 0.15) is 11.9 Å². The Morgan fingerprint density at radius 3 is 2.63 bits per heavy atom. The Kier molecular flexibility index (Phi) is 2.76. The van der Waals surface area contributed by atoms with Crippen molar-refractivity contribution in [3.8, 4) is 5.75 Å². The summed E-state index contributed by atoms with van der Waals surface area (Å²) in [5.41, 5.74) is 3.50. The first-order valence-corrected chi connectivity index (χ1v) is 6.21. The van der Waals surface area contributed by atoms with Crippen molar-refractivity contribution in [2.75, 3.05) is 0 Å². The van der Waals surface area contributed by atoms with E-state index in [2.05, 4.69) is 4.98 Å². The van der Waals surface area contributed by atoms with Crippen LogP contribution in [0.25, 0.3) is 10.9 Å². The Morgan fingerprint density at radius 2 is 1.84 bits per heavy atom. The molecule has 2 aromatic carbocycles. The first-order chi connectivity index (χ1) is 9.16. The zero-order valence-corrected chi connectivity index (χ0v) is 10.6. The topological polar surface area (TPSA) is 56.2 Å². The molecule has 96 valence electrons. The number of aryl methyl sites for hydroxylation is 1. The molecule has 0 saturated heterocycles. The van der Waals surface area contributed by atoms with Gasteiger partial charge in [0.25, 0.3) is 0 Å². The number of aromatic amines is 1. The molecule has 0 radical (unpaired) electrons. The average molecular weight is 253 g/mol. The number of aliphatic hydroxyl groups is 1. The van der Waals surface area contributed by atoms with E-state index < -0.39 is 6.10 Å². The number of aromatic hydroxyl groups is 1. The SMILES string of the molecule is Cc1[nH]c2ccccc2c1C(O)c1cccc(O)c1. The van der Waals surface area contributed by atoms with Gasteiger partial charge in [0.15, 0.2) is 0 Å². The second-order valence-corrected chi connectivity index (χ2v) is 4.71. The van der Waals surface area contributed by atoms with Crippen LogP contribution in [-0.4, -0.2) is 15.2 Å². The van der Waals surface area contributed by atoms with E-state index in [1.807, 2.05) is 37.3 Å². The molecule has 3 aromatic rings. The minimum absolute atomic E-state index is 0.161. The number of aliphatic hydroxyl groups excluding tert-OH is 1. The smallest absolute Gasteiger partial charge is 0.115 e. The van der Waals surface area contributed by atoms with Crippen molar-refractivity contribution in [1.29, 1.82) is 0 Å².